The molecule has 0 unspecified atom stereocenters. The van der Waals surface area contributed by atoms with E-state index < -0.39 is 0 Å². The van der Waals surface area contributed by atoms with Crippen LogP contribution in [0.15, 0.2) is 89.9 Å². The molecule has 6 nitrogen and oxygen atoms in total. The van der Waals surface area contributed by atoms with Crippen molar-refractivity contribution in [2.24, 2.45) is 0 Å². The number of hydrogen-bond donors (Lipinski definition) is 1. The summed E-state index contributed by atoms with van der Waals surface area (Å²) >= 11 is 4.72. The maximum absolute atomic E-state index is 12.8. The Hall–Kier alpha value is -3.79. The van der Waals surface area contributed by atoms with Crippen molar-refractivity contribution >= 4 is 66.3 Å². The van der Waals surface area contributed by atoms with E-state index in [1.54, 1.807) is 22.7 Å². The second-order valence-electron chi connectivity index (χ2n) is 8.76. The van der Waals surface area contributed by atoms with Crippen LogP contribution in [0.5, 0.6) is 0 Å². The van der Waals surface area contributed by atoms with E-state index in [9.17, 15) is 4.79 Å². The molecule has 0 saturated heterocycles. The van der Waals surface area contributed by atoms with Gasteiger partial charge in [0.1, 0.15) is 5.01 Å². The van der Waals surface area contributed by atoms with Gasteiger partial charge in [0, 0.05) is 38.8 Å². The summed E-state index contributed by atoms with van der Waals surface area (Å²) in [4.78, 5) is 17.5. The average Bonchev–Trinajstić information content (AvgIpc) is 3.64. The summed E-state index contributed by atoms with van der Waals surface area (Å²) in [6, 6.07) is 22.4. The molecule has 188 valence electrons. The van der Waals surface area contributed by atoms with Gasteiger partial charge in [-0.15, -0.1) is 39.4 Å². The normalized spacial score (nSPS) is 11.3. The Balaban J connectivity index is 1.13. The number of benzene rings is 3. The molecule has 3 heterocycles. The van der Waals surface area contributed by atoms with Gasteiger partial charge in [0.2, 0.25) is 5.91 Å². The Morgan fingerprint density at radius 2 is 1.92 bits per heavy atom. The topological polar surface area (TPSA) is 72.7 Å². The zero-order valence-electron chi connectivity index (χ0n) is 20.5. The molecule has 0 bridgehead atoms. The van der Waals surface area contributed by atoms with Crippen LogP contribution in [0.3, 0.4) is 0 Å². The minimum Gasteiger partial charge on any atom is -0.325 e. The lowest BCUT2D eigenvalue weighted by Gasteiger charge is -2.08. The highest BCUT2D eigenvalue weighted by molar-refractivity contribution is 7.99. The lowest BCUT2D eigenvalue weighted by molar-refractivity contribution is -0.113. The van der Waals surface area contributed by atoms with Gasteiger partial charge in [-0.2, -0.15) is 0 Å². The van der Waals surface area contributed by atoms with Crippen LogP contribution in [0, 0.1) is 6.92 Å². The number of aromatic nitrogens is 4. The van der Waals surface area contributed by atoms with Crippen molar-refractivity contribution in [1.29, 1.82) is 0 Å². The molecule has 3 aromatic heterocycles. The molecule has 9 heteroatoms. The summed E-state index contributed by atoms with van der Waals surface area (Å²) in [6.07, 6.45) is 1.82. The van der Waals surface area contributed by atoms with Crippen LogP contribution in [-0.4, -0.2) is 31.4 Å². The largest absolute Gasteiger partial charge is 0.325 e. The Bertz CT molecular complexity index is 1780. The van der Waals surface area contributed by atoms with E-state index in [0.29, 0.717) is 11.7 Å². The maximum atomic E-state index is 12.8. The van der Waals surface area contributed by atoms with Crippen LogP contribution >= 0.6 is 34.4 Å². The zero-order chi connectivity index (χ0) is 26.1. The summed E-state index contributed by atoms with van der Waals surface area (Å²) in [6.45, 7) is 6.54. The fraction of sp³-hybridized carbons (Fsp3) is 0.103. The maximum Gasteiger partial charge on any atom is 0.234 e. The fourth-order valence-electron chi connectivity index (χ4n) is 4.22. The first kappa shape index (κ1) is 24.5. The van der Waals surface area contributed by atoms with E-state index in [1.165, 1.54) is 26.7 Å². The van der Waals surface area contributed by atoms with Crippen molar-refractivity contribution in [3.8, 4) is 22.0 Å². The van der Waals surface area contributed by atoms with Gasteiger partial charge in [0.15, 0.2) is 11.0 Å². The number of anilines is 1. The van der Waals surface area contributed by atoms with Crippen LogP contribution in [-0.2, 0) is 11.3 Å². The van der Waals surface area contributed by atoms with Gasteiger partial charge in [-0.1, -0.05) is 42.1 Å². The van der Waals surface area contributed by atoms with Crippen LogP contribution in [0.25, 0.3) is 42.3 Å². The van der Waals surface area contributed by atoms with Crippen molar-refractivity contribution in [2.75, 3.05) is 11.1 Å². The standard InChI is InChI=1S/C29H23N5OS3/c1-3-14-34-27(22-16-36-24-7-5-4-6-21(22)24)32-33-29(34)37-17-26(35)30-20-11-9-19(10-12-20)28-31-23-13-8-18(2)15-25(23)38-28/h3-13,15-16H,1,14,17H2,2H3,(H,30,35). The molecule has 1 N–H and O–H groups in total. The first-order valence-corrected chi connectivity index (χ1v) is 14.7. The Kier molecular flexibility index (Phi) is 6.80. The van der Waals surface area contributed by atoms with E-state index in [1.807, 2.05) is 47.0 Å². The number of fused-ring (bicyclic) bond motifs is 2. The van der Waals surface area contributed by atoms with E-state index in [2.05, 4.69) is 64.7 Å². The summed E-state index contributed by atoms with van der Waals surface area (Å²) in [5, 5.41) is 16.7. The van der Waals surface area contributed by atoms with Gasteiger partial charge >= 0.3 is 0 Å². The molecule has 1 amide bonds. The van der Waals surface area contributed by atoms with Gasteiger partial charge in [-0.25, -0.2) is 4.98 Å². The SMILES string of the molecule is C=CCn1c(SCC(=O)Nc2ccc(-c3nc4ccc(C)cc4s3)cc2)nnc1-c1csc2ccccc12. The number of nitrogens with zero attached hydrogens (tertiary/aromatic N) is 4. The number of allylic oxidation sites excluding steroid dienone is 1. The van der Waals surface area contributed by atoms with Crippen molar-refractivity contribution in [1.82, 2.24) is 19.7 Å². The highest BCUT2D eigenvalue weighted by Crippen LogP contribution is 2.35. The van der Waals surface area contributed by atoms with E-state index in [0.717, 1.165) is 38.5 Å². The van der Waals surface area contributed by atoms with Gasteiger partial charge in [-0.3, -0.25) is 9.36 Å². The molecule has 0 aliphatic rings. The molecular formula is C29H23N5OS3. The number of nitrogens with one attached hydrogen (secondary N) is 1. The summed E-state index contributed by atoms with van der Waals surface area (Å²) in [7, 11) is 0. The first-order valence-electron chi connectivity index (χ1n) is 12.0. The van der Waals surface area contributed by atoms with Crippen LogP contribution < -0.4 is 5.32 Å². The van der Waals surface area contributed by atoms with Crippen molar-refractivity contribution in [3.63, 3.8) is 0 Å². The number of thiazole rings is 1. The molecule has 0 atom stereocenters. The molecule has 0 radical (unpaired) electrons. The number of thioether (sulfide) groups is 1. The number of amides is 1. The van der Waals surface area contributed by atoms with Crippen LogP contribution in [0.2, 0.25) is 0 Å². The zero-order valence-corrected chi connectivity index (χ0v) is 23.0. The molecule has 38 heavy (non-hydrogen) atoms. The Morgan fingerprint density at radius 1 is 1.08 bits per heavy atom. The number of carbonyl (C=O) groups excluding carboxylic acids is 1. The minimum absolute atomic E-state index is 0.103. The third-order valence-corrected chi connectivity index (χ3v) is 9.04. The van der Waals surface area contributed by atoms with Gasteiger partial charge < -0.3 is 5.32 Å². The molecule has 3 aromatic carbocycles. The average molecular weight is 554 g/mol. The van der Waals surface area contributed by atoms with Crippen LogP contribution in [0.4, 0.5) is 5.69 Å². The van der Waals surface area contributed by atoms with Crippen molar-refractivity contribution < 1.29 is 4.79 Å². The molecule has 0 saturated carbocycles. The van der Waals surface area contributed by atoms with Crippen molar-refractivity contribution in [2.45, 2.75) is 18.6 Å². The highest BCUT2D eigenvalue weighted by atomic mass is 32.2. The number of carbonyl (C=O) groups is 1. The second-order valence-corrected chi connectivity index (χ2v) is 11.6. The molecule has 6 rings (SSSR count). The highest BCUT2D eigenvalue weighted by Gasteiger charge is 2.18. The summed E-state index contributed by atoms with van der Waals surface area (Å²) in [5.74, 6) is 0.901. The van der Waals surface area contributed by atoms with Crippen LogP contribution in [0.1, 0.15) is 5.56 Å². The predicted octanol–water partition coefficient (Wildman–Crippen LogP) is 7.66. The molecule has 0 spiro atoms. The van der Waals surface area contributed by atoms with Gasteiger partial charge in [-0.05, 0) is 55.0 Å². The lowest BCUT2D eigenvalue weighted by atomic mass is 10.1. The Labute approximate surface area is 232 Å². The number of hydrogen-bond acceptors (Lipinski definition) is 7. The van der Waals surface area contributed by atoms with E-state index >= 15 is 0 Å². The van der Waals surface area contributed by atoms with Crippen molar-refractivity contribution in [3.05, 3.63) is 90.3 Å². The molecule has 0 fully saturated rings. The van der Waals surface area contributed by atoms with Gasteiger partial charge in [0.25, 0.3) is 0 Å². The Morgan fingerprint density at radius 3 is 2.76 bits per heavy atom. The third-order valence-electron chi connectivity index (χ3n) is 6.04. The third kappa shape index (κ3) is 4.88. The summed E-state index contributed by atoms with van der Waals surface area (Å²) in [5.41, 5.74) is 5.04. The number of thiophene rings is 1. The molecular weight excluding hydrogens is 531 g/mol. The number of aryl methyl sites for hydroxylation is 1. The molecule has 6 aromatic rings. The molecule has 0 aliphatic carbocycles. The fourth-order valence-corrected chi connectivity index (χ4v) is 6.97. The van der Waals surface area contributed by atoms with E-state index in [4.69, 9.17) is 4.98 Å². The van der Waals surface area contributed by atoms with Gasteiger partial charge in [0.05, 0.1) is 16.0 Å². The summed E-state index contributed by atoms with van der Waals surface area (Å²) < 4.78 is 4.39. The minimum atomic E-state index is -0.103. The monoisotopic (exact) mass is 553 g/mol. The predicted molar refractivity (Wildman–Crippen MR) is 160 cm³/mol. The second kappa shape index (κ2) is 10.5. The number of rotatable bonds is 8. The smallest absolute Gasteiger partial charge is 0.234 e. The lowest BCUT2D eigenvalue weighted by Crippen LogP contribution is -2.14. The van der Waals surface area contributed by atoms with E-state index in [-0.39, 0.29) is 11.7 Å². The molecule has 0 aliphatic heterocycles. The quantitative estimate of drug-likeness (QED) is 0.155. The first-order chi connectivity index (χ1) is 18.6.